The molecule has 1 heteroatoms. The molecule has 1 aliphatic rings. The Labute approximate surface area is 97.5 Å². The fourth-order valence-corrected chi connectivity index (χ4v) is 2.01. The van der Waals surface area contributed by atoms with Crippen molar-refractivity contribution in [2.75, 3.05) is 6.61 Å². The molecule has 1 aromatic rings. The van der Waals surface area contributed by atoms with Crippen LogP contribution in [0.15, 0.2) is 24.3 Å². The monoisotopic (exact) mass is 214 g/mol. The summed E-state index contributed by atoms with van der Waals surface area (Å²) in [5, 5.41) is 8.69. The lowest BCUT2D eigenvalue weighted by molar-refractivity contribution is 0.290. The first-order chi connectivity index (χ1) is 7.92. The molecule has 2 rings (SSSR count). The molecule has 0 heterocycles. The van der Waals surface area contributed by atoms with Gasteiger partial charge in [-0.15, -0.1) is 0 Å². The second kappa shape index (κ2) is 5.72. The molecule has 0 radical (unpaired) electrons. The predicted octanol–water partition coefficient (Wildman–Crippen LogP) is 3.08. The number of benzene rings is 1. The SMILES string of the molecule is OCCCC#Cc1ccccc1C1CCC1. The van der Waals surface area contributed by atoms with Crippen molar-refractivity contribution in [3.63, 3.8) is 0 Å². The van der Waals surface area contributed by atoms with Gasteiger partial charge in [0.05, 0.1) is 0 Å². The van der Waals surface area contributed by atoms with Crippen LogP contribution >= 0.6 is 0 Å². The maximum atomic E-state index is 8.69. The lowest BCUT2D eigenvalue weighted by atomic mass is 9.78. The normalized spacial score (nSPS) is 15.1. The van der Waals surface area contributed by atoms with E-state index in [-0.39, 0.29) is 6.61 Å². The summed E-state index contributed by atoms with van der Waals surface area (Å²) in [7, 11) is 0. The van der Waals surface area contributed by atoms with Crippen molar-refractivity contribution in [1.82, 2.24) is 0 Å². The summed E-state index contributed by atoms with van der Waals surface area (Å²) in [6.45, 7) is 0.235. The number of unbranched alkanes of at least 4 members (excludes halogenated alkanes) is 1. The number of rotatable bonds is 3. The van der Waals surface area contributed by atoms with Gasteiger partial charge < -0.3 is 5.11 Å². The summed E-state index contributed by atoms with van der Waals surface area (Å²) >= 11 is 0. The molecule has 0 aliphatic heterocycles. The van der Waals surface area contributed by atoms with Crippen LogP contribution in [-0.4, -0.2) is 11.7 Å². The quantitative estimate of drug-likeness (QED) is 0.605. The van der Waals surface area contributed by atoms with Crippen LogP contribution < -0.4 is 0 Å². The molecule has 1 N–H and O–H groups in total. The molecule has 84 valence electrons. The molecule has 1 fully saturated rings. The van der Waals surface area contributed by atoms with E-state index < -0.39 is 0 Å². The lowest BCUT2D eigenvalue weighted by Gasteiger charge is -2.26. The van der Waals surface area contributed by atoms with Gasteiger partial charge in [0.2, 0.25) is 0 Å². The van der Waals surface area contributed by atoms with E-state index in [0.29, 0.717) is 0 Å². The first-order valence-electron chi connectivity index (χ1n) is 6.10. The standard InChI is InChI=1S/C15H18O/c16-12-5-1-2-7-13-8-3-4-11-15(13)14-9-6-10-14/h3-4,8,11,14,16H,1,5-6,9-10,12H2. The molecular weight excluding hydrogens is 196 g/mol. The highest BCUT2D eigenvalue weighted by Gasteiger charge is 2.20. The molecule has 1 aliphatic carbocycles. The second-order valence-corrected chi connectivity index (χ2v) is 4.34. The molecule has 16 heavy (non-hydrogen) atoms. The molecule has 0 aromatic heterocycles. The van der Waals surface area contributed by atoms with E-state index in [0.717, 1.165) is 18.8 Å². The van der Waals surface area contributed by atoms with Crippen molar-refractivity contribution in [3.05, 3.63) is 35.4 Å². The zero-order valence-corrected chi connectivity index (χ0v) is 9.58. The highest BCUT2D eigenvalue weighted by molar-refractivity contribution is 5.43. The second-order valence-electron chi connectivity index (χ2n) is 4.34. The molecule has 1 nitrogen and oxygen atoms in total. The van der Waals surface area contributed by atoms with Crippen LogP contribution in [0.4, 0.5) is 0 Å². The van der Waals surface area contributed by atoms with Gasteiger partial charge in [-0.3, -0.25) is 0 Å². The van der Waals surface area contributed by atoms with Crippen molar-refractivity contribution in [3.8, 4) is 11.8 Å². The van der Waals surface area contributed by atoms with Gasteiger partial charge >= 0.3 is 0 Å². The Kier molecular flexibility index (Phi) is 4.02. The van der Waals surface area contributed by atoms with E-state index in [2.05, 4.69) is 36.1 Å². The molecule has 1 aromatic carbocycles. The summed E-state index contributed by atoms with van der Waals surface area (Å²) in [5.74, 6) is 7.11. The van der Waals surface area contributed by atoms with Gasteiger partial charge in [-0.05, 0) is 36.8 Å². The molecule has 1 saturated carbocycles. The third-order valence-corrected chi connectivity index (χ3v) is 3.19. The summed E-state index contributed by atoms with van der Waals surface area (Å²) < 4.78 is 0. The predicted molar refractivity (Wildman–Crippen MR) is 66.2 cm³/mol. The minimum atomic E-state index is 0.235. The number of hydrogen-bond donors (Lipinski definition) is 1. The number of aliphatic hydroxyl groups is 1. The molecule has 0 atom stereocenters. The fraction of sp³-hybridized carbons (Fsp3) is 0.467. The highest BCUT2D eigenvalue weighted by atomic mass is 16.2. The Morgan fingerprint density at radius 1 is 1.25 bits per heavy atom. The zero-order valence-electron chi connectivity index (χ0n) is 9.58. The molecule has 0 saturated heterocycles. The van der Waals surface area contributed by atoms with Crippen LogP contribution in [-0.2, 0) is 0 Å². The zero-order chi connectivity index (χ0) is 11.2. The first kappa shape index (κ1) is 11.2. The topological polar surface area (TPSA) is 20.2 Å². The van der Waals surface area contributed by atoms with E-state index >= 15 is 0 Å². The van der Waals surface area contributed by atoms with Gasteiger partial charge in [0, 0.05) is 18.6 Å². The van der Waals surface area contributed by atoms with Gasteiger partial charge in [-0.25, -0.2) is 0 Å². The van der Waals surface area contributed by atoms with Crippen LogP contribution in [0.3, 0.4) is 0 Å². The van der Waals surface area contributed by atoms with Gasteiger partial charge in [0.25, 0.3) is 0 Å². The van der Waals surface area contributed by atoms with Crippen LogP contribution in [0.2, 0.25) is 0 Å². The molecule has 0 bridgehead atoms. The van der Waals surface area contributed by atoms with Gasteiger partial charge in [0.1, 0.15) is 0 Å². The van der Waals surface area contributed by atoms with E-state index in [1.807, 2.05) is 0 Å². The minimum absolute atomic E-state index is 0.235. The maximum Gasteiger partial charge on any atom is 0.0440 e. The number of aliphatic hydroxyl groups excluding tert-OH is 1. The van der Waals surface area contributed by atoms with Crippen molar-refractivity contribution in [2.24, 2.45) is 0 Å². The average Bonchev–Trinajstić information content (AvgIpc) is 2.24. The van der Waals surface area contributed by atoms with Gasteiger partial charge in [0.15, 0.2) is 0 Å². The maximum absolute atomic E-state index is 8.69. The fourth-order valence-electron chi connectivity index (χ4n) is 2.01. The molecular formula is C15H18O. The number of hydrogen-bond acceptors (Lipinski definition) is 1. The highest BCUT2D eigenvalue weighted by Crippen LogP contribution is 2.37. The van der Waals surface area contributed by atoms with E-state index in [9.17, 15) is 0 Å². The van der Waals surface area contributed by atoms with Crippen LogP contribution in [0.5, 0.6) is 0 Å². The van der Waals surface area contributed by atoms with Crippen molar-refractivity contribution in [1.29, 1.82) is 0 Å². The van der Waals surface area contributed by atoms with Crippen LogP contribution in [0.25, 0.3) is 0 Å². The Morgan fingerprint density at radius 3 is 2.75 bits per heavy atom. The van der Waals surface area contributed by atoms with Gasteiger partial charge in [-0.2, -0.15) is 0 Å². The summed E-state index contributed by atoms with van der Waals surface area (Å²) in [4.78, 5) is 0. The molecule has 0 amide bonds. The molecule has 0 unspecified atom stereocenters. The Morgan fingerprint density at radius 2 is 2.06 bits per heavy atom. The Bertz CT molecular complexity index is 393. The summed E-state index contributed by atoms with van der Waals surface area (Å²) in [6.07, 6.45) is 5.55. The smallest absolute Gasteiger partial charge is 0.0440 e. The Balaban J connectivity index is 2.08. The van der Waals surface area contributed by atoms with Crippen LogP contribution in [0, 0.1) is 11.8 Å². The van der Waals surface area contributed by atoms with E-state index in [1.165, 1.54) is 30.4 Å². The van der Waals surface area contributed by atoms with E-state index in [4.69, 9.17) is 5.11 Å². The lowest BCUT2D eigenvalue weighted by Crippen LogP contribution is -2.10. The largest absolute Gasteiger partial charge is 0.396 e. The van der Waals surface area contributed by atoms with Crippen LogP contribution in [0.1, 0.15) is 49.1 Å². The average molecular weight is 214 g/mol. The summed E-state index contributed by atoms with van der Waals surface area (Å²) in [5.41, 5.74) is 2.61. The summed E-state index contributed by atoms with van der Waals surface area (Å²) in [6, 6.07) is 8.48. The Hall–Kier alpha value is -1.26. The van der Waals surface area contributed by atoms with E-state index in [1.54, 1.807) is 0 Å². The minimum Gasteiger partial charge on any atom is -0.396 e. The van der Waals surface area contributed by atoms with Crippen molar-refractivity contribution < 1.29 is 5.11 Å². The third kappa shape index (κ3) is 2.65. The third-order valence-electron chi connectivity index (χ3n) is 3.19. The van der Waals surface area contributed by atoms with Gasteiger partial charge in [-0.1, -0.05) is 36.5 Å². The van der Waals surface area contributed by atoms with Crippen molar-refractivity contribution in [2.45, 2.75) is 38.0 Å². The van der Waals surface area contributed by atoms with Crippen molar-refractivity contribution >= 4 is 0 Å². The first-order valence-corrected chi connectivity index (χ1v) is 6.10. The molecule has 0 spiro atoms.